The number of ether oxygens (including phenoxy) is 1. The van der Waals surface area contributed by atoms with Crippen molar-refractivity contribution in [3.8, 4) is 5.88 Å². The van der Waals surface area contributed by atoms with Gasteiger partial charge in [-0.1, -0.05) is 45.1 Å². The van der Waals surface area contributed by atoms with Crippen LogP contribution >= 0.6 is 0 Å². The van der Waals surface area contributed by atoms with Crippen molar-refractivity contribution in [3.05, 3.63) is 23.9 Å². The van der Waals surface area contributed by atoms with Crippen LogP contribution in [-0.4, -0.2) is 17.6 Å². The molecule has 1 aliphatic carbocycles. The maximum atomic E-state index is 5.67. The highest BCUT2D eigenvalue weighted by molar-refractivity contribution is 5.17. The molecule has 1 fully saturated rings. The van der Waals surface area contributed by atoms with Crippen LogP contribution in [-0.2, 0) is 6.54 Å². The summed E-state index contributed by atoms with van der Waals surface area (Å²) < 4.78 is 5.67. The van der Waals surface area contributed by atoms with Gasteiger partial charge in [-0.3, -0.25) is 0 Å². The second kappa shape index (κ2) is 8.96. The van der Waals surface area contributed by atoms with E-state index in [1.807, 2.05) is 12.3 Å². The molecule has 0 radical (unpaired) electrons. The van der Waals surface area contributed by atoms with Crippen LogP contribution in [0.5, 0.6) is 5.88 Å². The molecule has 112 valence electrons. The lowest BCUT2D eigenvalue weighted by Crippen LogP contribution is -2.15. The topological polar surface area (TPSA) is 34.1 Å². The number of unbranched alkanes of at least 4 members (excludes halogenated alkanes) is 5. The van der Waals surface area contributed by atoms with Gasteiger partial charge in [0.15, 0.2) is 0 Å². The minimum atomic E-state index is 0.749. The Kier molecular flexibility index (Phi) is 6.85. The molecule has 0 bridgehead atoms. The summed E-state index contributed by atoms with van der Waals surface area (Å²) in [6.07, 6.45) is 12.3. The highest BCUT2D eigenvalue weighted by atomic mass is 16.5. The van der Waals surface area contributed by atoms with E-state index in [-0.39, 0.29) is 0 Å². The maximum Gasteiger partial charge on any atom is 0.213 e. The largest absolute Gasteiger partial charge is 0.478 e. The molecule has 1 aromatic rings. The molecule has 1 heterocycles. The first-order valence-electron chi connectivity index (χ1n) is 8.19. The first kappa shape index (κ1) is 15.3. The molecule has 1 N–H and O–H groups in total. The van der Waals surface area contributed by atoms with E-state index in [4.69, 9.17) is 4.74 Å². The summed E-state index contributed by atoms with van der Waals surface area (Å²) in [5.74, 6) is 0.758. The van der Waals surface area contributed by atoms with Crippen LogP contribution in [0.25, 0.3) is 0 Å². The molecular formula is C17H28N2O. The van der Waals surface area contributed by atoms with E-state index in [2.05, 4.69) is 23.3 Å². The third-order valence-electron chi connectivity index (χ3n) is 3.72. The minimum absolute atomic E-state index is 0.749. The number of rotatable bonds is 11. The van der Waals surface area contributed by atoms with Crippen LogP contribution in [0, 0.1) is 0 Å². The van der Waals surface area contributed by atoms with Crippen molar-refractivity contribution >= 4 is 0 Å². The highest BCUT2D eigenvalue weighted by Gasteiger charge is 2.19. The van der Waals surface area contributed by atoms with E-state index in [0.717, 1.165) is 31.5 Å². The van der Waals surface area contributed by atoms with Gasteiger partial charge in [0.1, 0.15) is 0 Å². The van der Waals surface area contributed by atoms with Crippen LogP contribution in [0.3, 0.4) is 0 Å². The summed E-state index contributed by atoms with van der Waals surface area (Å²) >= 11 is 0. The van der Waals surface area contributed by atoms with Gasteiger partial charge in [0.25, 0.3) is 0 Å². The van der Waals surface area contributed by atoms with Crippen molar-refractivity contribution in [2.24, 2.45) is 0 Å². The normalized spacial score (nSPS) is 14.4. The Morgan fingerprint density at radius 3 is 2.65 bits per heavy atom. The average Bonchev–Trinajstić information content (AvgIpc) is 3.30. The zero-order valence-electron chi connectivity index (χ0n) is 12.7. The number of nitrogens with one attached hydrogen (secondary N) is 1. The van der Waals surface area contributed by atoms with Crippen molar-refractivity contribution in [1.82, 2.24) is 10.3 Å². The Morgan fingerprint density at radius 2 is 1.95 bits per heavy atom. The lowest BCUT2D eigenvalue weighted by atomic mass is 10.1. The molecule has 0 aliphatic heterocycles. The summed E-state index contributed by atoms with van der Waals surface area (Å²) in [5.41, 5.74) is 1.24. The third-order valence-corrected chi connectivity index (χ3v) is 3.72. The van der Waals surface area contributed by atoms with Crippen LogP contribution in [0.15, 0.2) is 18.3 Å². The molecule has 0 amide bonds. The lowest BCUT2D eigenvalue weighted by Gasteiger charge is -2.07. The van der Waals surface area contributed by atoms with Gasteiger partial charge in [0.05, 0.1) is 6.61 Å². The van der Waals surface area contributed by atoms with Gasteiger partial charge < -0.3 is 10.1 Å². The lowest BCUT2D eigenvalue weighted by molar-refractivity contribution is 0.293. The second-order valence-corrected chi connectivity index (χ2v) is 5.78. The summed E-state index contributed by atoms with van der Waals surface area (Å²) in [7, 11) is 0. The first-order valence-corrected chi connectivity index (χ1v) is 8.19. The fraction of sp³-hybridized carbons (Fsp3) is 0.706. The Bertz CT molecular complexity index is 360. The standard InChI is InChI=1S/C17H28N2O/c1-2-3-4-5-6-7-12-20-17-11-8-15(14-19-17)13-18-16-9-10-16/h8,11,14,16,18H,2-7,9-10,12-13H2,1H3. The fourth-order valence-electron chi connectivity index (χ4n) is 2.21. The van der Waals surface area contributed by atoms with E-state index in [0.29, 0.717) is 0 Å². The highest BCUT2D eigenvalue weighted by Crippen LogP contribution is 2.19. The van der Waals surface area contributed by atoms with E-state index < -0.39 is 0 Å². The minimum Gasteiger partial charge on any atom is -0.478 e. The monoisotopic (exact) mass is 276 g/mol. The maximum absolute atomic E-state index is 5.67. The average molecular weight is 276 g/mol. The predicted octanol–water partition coefficient (Wildman–Crippen LogP) is 4.07. The Balaban J connectivity index is 1.53. The van der Waals surface area contributed by atoms with Gasteiger partial charge in [-0.2, -0.15) is 0 Å². The Labute approximate surface area is 123 Å². The van der Waals surface area contributed by atoms with Crippen molar-refractivity contribution < 1.29 is 4.74 Å². The fourth-order valence-corrected chi connectivity index (χ4v) is 2.21. The first-order chi connectivity index (χ1) is 9.88. The van der Waals surface area contributed by atoms with Crippen molar-refractivity contribution in [2.75, 3.05) is 6.61 Å². The predicted molar refractivity (Wildman–Crippen MR) is 83.0 cm³/mol. The SMILES string of the molecule is CCCCCCCCOc1ccc(CNC2CC2)cn1. The molecule has 0 atom stereocenters. The van der Waals surface area contributed by atoms with Crippen LogP contribution in [0.1, 0.15) is 63.9 Å². The van der Waals surface area contributed by atoms with E-state index >= 15 is 0 Å². The van der Waals surface area contributed by atoms with E-state index in [1.165, 1.54) is 50.5 Å². The molecule has 2 rings (SSSR count). The molecule has 0 spiro atoms. The smallest absolute Gasteiger partial charge is 0.213 e. The number of nitrogens with zero attached hydrogens (tertiary/aromatic N) is 1. The van der Waals surface area contributed by atoms with E-state index in [9.17, 15) is 0 Å². The number of hydrogen-bond donors (Lipinski definition) is 1. The number of aromatic nitrogens is 1. The van der Waals surface area contributed by atoms with Crippen LogP contribution in [0.2, 0.25) is 0 Å². The number of hydrogen-bond acceptors (Lipinski definition) is 3. The quantitative estimate of drug-likeness (QED) is 0.619. The van der Waals surface area contributed by atoms with Crippen LogP contribution < -0.4 is 10.1 Å². The van der Waals surface area contributed by atoms with Gasteiger partial charge in [0.2, 0.25) is 5.88 Å². The zero-order chi connectivity index (χ0) is 14.0. The van der Waals surface area contributed by atoms with Crippen molar-refractivity contribution in [3.63, 3.8) is 0 Å². The van der Waals surface area contributed by atoms with Crippen LogP contribution in [0.4, 0.5) is 0 Å². The van der Waals surface area contributed by atoms with E-state index in [1.54, 1.807) is 0 Å². The number of pyridine rings is 1. The molecule has 1 aromatic heterocycles. The molecule has 20 heavy (non-hydrogen) atoms. The molecule has 1 saturated carbocycles. The summed E-state index contributed by atoms with van der Waals surface area (Å²) in [5, 5.41) is 3.49. The van der Waals surface area contributed by atoms with Gasteiger partial charge in [-0.05, 0) is 24.8 Å². The Hall–Kier alpha value is -1.09. The third kappa shape index (κ3) is 6.38. The summed E-state index contributed by atoms with van der Waals surface area (Å²) in [4.78, 5) is 4.36. The molecule has 3 nitrogen and oxygen atoms in total. The van der Waals surface area contributed by atoms with Gasteiger partial charge in [0, 0.05) is 24.8 Å². The molecule has 3 heteroatoms. The molecule has 0 saturated heterocycles. The second-order valence-electron chi connectivity index (χ2n) is 5.78. The molecule has 0 aromatic carbocycles. The molecular weight excluding hydrogens is 248 g/mol. The van der Waals surface area contributed by atoms with Crippen molar-refractivity contribution in [2.45, 2.75) is 70.9 Å². The van der Waals surface area contributed by atoms with Gasteiger partial charge in [-0.15, -0.1) is 0 Å². The molecule has 0 unspecified atom stereocenters. The van der Waals surface area contributed by atoms with Crippen molar-refractivity contribution in [1.29, 1.82) is 0 Å². The zero-order valence-corrected chi connectivity index (χ0v) is 12.7. The summed E-state index contributed by atoms with van der Waals surface area (Å²) in [6.45, 7) is 3.97. The van der Waals surface area contributed by atoms with Gasteiger partial charge in [-0.25, -0.2) is 4.98 Å². The summed E-state index contributed by atoms with van der Waals surface area (Å²) in [6, 6.07) is 4.85. The molecule has 1 aliphatic rings. The van der Waals surface area contributed by atoms with Gasteiger partial charge >= 0.3 is 0 Å². The Morgan fingerprint density at radius 1 is 1.15 bits per heavy atom.